The first kappa shape index (κ1) is 17.3. The Hall–Kier alpha value is -2.82. The van der Waals surface area contributed by atoms with Crippen LogP contribution in [0.4, 0.5) is 5.69 Å². The van der Waals surface area contributed by atoms with Gasteiger partial charge in [0.15, 0.2) is 0 Å². The molecule has 0 spiro atoms. The molecule has 5 rings (SSSR count). The fourth-order valence-electron chi connectivity index (χ4n) is 4.23. The molecule has 2 heterocycles. The third kappa shape index (κ3) is 3.15. The van der Waals surface area contributed by atoms with E-state index in [9.17, 15) is 4.79 Å². The highest BCUT2D eigenvalue weighted by molar-refractivity contribution is 5.92. The van der Waals surface area contributed by atoms with Crippen molar-refractivity contribution in [2.24, 2.45) is 5.92 Å². The zero-order chi connectivity index (χ0) is 19.1. The van der Waals surface area contributed by atoms with Gasteiger partial charge in [-0.1, -0.05) is 12.1 Å². The number of amides is 1. The molecule has 28 heavy (non-hydrogen) atoms. The molecule has 1 aromatic heterocycles. The molecule has 0 unspecified atom stereocenters. The minimum Gasteiger partial charge on any atom is -0.497 e. The normalized spacial score (nSPS) is 18.7. The second-order valence-electron chi connectivity index (χ2n) is 7.85. The quantitative estimate of drug-likeness (QED) is 0.823. The summed E-state index contributed by atoms with van der Waals surface area (Å²) >= 11 is 0. The Balaban J connectivity index is 1.35. The van der Waals surface area contributed by atoms with E-state index >= 15 is 0 Å². The number of fused-ring (bicyclic) bond motifs is 1. The second kappa shape index (κ2) is 6.97. The summed E-state index contributed by atoms with van der Waals surface area (Å²) in [6.07, 6.45) is 7.21. The molecule has 2 aromatic rings. The van der Waals surface area contributed by atoms with Crippen LogP contribution < -0.4 is 9.64 Å². The lowest BCUT2D eigenvalue weighted by Crippen LogP contribution is -2.49. The topological polar surface area (TPSA) is 45.7 Å². The Labute approximate surface area is 165 Å². The van der Waals surface area contributed by atoms with Crippen LogP contribution in [0.3, 0.4) is 0 Å². The highest BCUT2D eigenvalue weighted by atomic mass is 16.5. The average Bonchev–Trinajstić information content (AvgIpc) is 3.51. The van der Waals surface area contributed by atoms with Crippen molar-refractivity contribution in [1.82, 2.24) is 9.88 Å². The molecular weight excluding hydrogens is 350 g/mol. The lowest BCUT2D eigenvalue weighted by molar-refractivity contribution is -0.132. The Bertz CT molecular complexity index is 923. The van der Waals surface area contributed by atoms with Gasteiger partial charge in [0.05, 0.1) is 12.8 Å². The number of pyridine rings is 1. The number of carbonyl (C=O) groups is 1. The molecular formula is C23H25N3O2. The molecule has 1 saturated carbocycles. The minimum atomic E-state index is 0.312. The number of ether oxygens (including phenoxy) is 1. The molecule has 1 saturated heterocycles. The summed E-state index contributed by atoms with van der Waals surface area (Å²) in [6.45, 7) is 3.42. The maximum atomic E-state index is 12.3. The van der Waals surface area contributed by atoms with Gasteiger partial charge < -0.3 is 14.5 Å². The molecule has 5 heteroatoms. The van der Waals surface area contributed by atoms with Gasteiger partial charge in [-0.25, -0.2) is 0 Å². The van der Waals surface area contributed by atoms with Gasteiger partial charge in [-0.05, 0) is 48.3 Å². The first-order chi connectivity index (χ1) is 13.7. The highest BCUT2D eigenvalue weighted by Gasteiger charge is 2.35. The largest absolute Gasteiger partial charge is 0.497 e. The molecule has 1 amide bonds. The van der Waals surface area contributed by atoms with Gasteiger partial charge in [0.25, 0.3) is 0 Å². The molecule has 5 nitrogen and oxygen atoms in total. The lowest BCUT2D eigenvalue weighted by Gasteiger charge is -2.37. The van der Waals surface area contributed by atoms with Crippen LogP contribution >= 0.6 is 0 Å². The third-order valence-corrected chi connectivity index (χ3v) is 6.05. The van der Waals surface area contributed by atoms with Gasteiger partial charge in [-0.15, -0.1) is 0 Å². The van der Waals surface area contributed by atoms with Gasteiger partial charge in [-0.2, -0.15) is 0 Å². The summed E-state index contributed by atoms with van der Waals surface area (Å²) in [5.74, 6) is 1.55. The van der Waals surface area contributed by atoms with Crippen molar-refractivity contribution in [3.63, 3.8) is 0 Å². The minimum absolute atomic E-state index is 0.312. The Kier molecular flexibility index (Phi) is 4.30. The molecule has 1 aromatic carbocycles. The summed E-state index contributed by atoms with van der Waals surface area (Å²) in [7, 11) is 1.69. The van der Waals surface area contributed by atoms with Crippen LogP contribution in [-0.2, 0) is 11.2 Å². The van der Waals surface area contributed by atoms with E-state index in [2.05, 4.69) is 34.2 Å². The number of methoxy groups -OCH3 is 1. The van der Waals surface area contributed by atoms with Gasteiger partial charge in [-0.3, -0.25) is 9.78 Å². The van der Waals surface area contributed by atoms with Gasteiger partial charge in [0.2, 0.25) is 5.91 Å². The number of rotatable bonds is 4. The average molecular weight is 375 g/mol. The molecule has 2 aliphatic carbocycles. The van der Waals surface area contributed by atoms with E-state index < -0.39 is 0 Å². The van der Waals surface area contributed by atoms with E-state index in [-0.39, 0.29) is 0 Å². The molecule has 0 atom stereocenters. The summed E-state index contributed by atoms with van der Waals surface area (Å²) in [5, 5.41) is 0. The van der Waals surface area contributed by atoms with Crippen LogP contribution in [0.15, 0.2) is 36.5 Å². The molecule has 0 bridgehead atoms. The van der Waals surface area contributed by atoms with Gasteiger partial charge >= 0.3 is 0 Å². The SMILES string of the molecule is COc1ccc(C2=Cc3c(N4CCN(C(=O)C5CC5)CC4)ccnc3C2)cc1. The van der Waals surface area contributed by atoms with Crippen molar-refractivity contribution >= 4 is 23.2 Å². The van der Waals surface area contributed by atoms with E-state index in [4.69, 9.17) is 4.74 Å². The van der Waals surface area contributed by atoms with Crippen LogP contribution in [0.1, 0.15) is 29.7 Å². The predicted molar refractivity (Wildman–Crippen MR) is 110 cm³/mol. The number of nitrogens with zero attached hydrogens (tertiary/aromatic N) is 3. The van der Waals surface area contributed by atoms with Crippen LogP contribution in [-0.4, -0.2) is 49.1 Å². The lowest BCUT2D eigenvalue weighted by atomic mass is 10.1. The van der Waals surface area contributed by atoms with Crippen molar-refractivity contribution in [3.8, 4) is 5.75 Å². The number of hydrogen-bond acceptors (Lipinski definition) is 4. The Morgan fingerprint density at radius 1 is 1.07 bits per heavy atom. The van der Waals surface area contributed by atoms with Crippen molar-refractivity contribution in [1.29, 1.82) is 0 Å². The van der Waals surface area contributed by atoms with Gasteiger partial charge in [0, 0.05) is 56.0 Å². The number of piperazine rings is 1. The summed E-state index contributed by atoms with van der Waals surface area (Å²) < 4.78 is 5.27. The smallest absolute Gasteiger partial charge is 0.225 e. The molecule has 2 fully saturated rings. The summed E-state index contributed by atoms with van der Waals surface area (Å²) in [5.41, 5.74) is 6.12. The zero-order valence-corrected chi connectivity index (χ0v) is 16.2. The monoisotopic (exact) mass is 375 g/mol. The van der Waals surface area contributed by atoms with E-state index in [1.165, 1.54) is 22.4 Å². The Morgan fingerprint density at radius 3 is 2.50 bits per heavy atom. The van der Waals surface area contributed by atoms with E-state index in [1.807, 2.05) is 23.2 Å². The molecule has 1 aliphatic heterocycles. The standard InChI is InChI=1S/C23H25N3O2/c1-28-19-6-4-16(5-7-19)18-14-20-21(15-18)24-9-8-22(20)25-10-12-26(13-11-25)23(27)17-2-3-17/h4-9,14,17H,2-3,10-13,15H2,1H3. The molecule has 144 valence electrons. The van der Waals surface area contributed by atoms with Crippen LogP contribution in [0.25, 0.3) is 11.6 Å². The first-order valence-corrected chi connectivity index (χ1v) is 10.1. The van der Waals surface area contributed by atoms with Crippen molar-refractivity contribution in [3.05, 3.63) is 53.3 Å². The number of hydrogen-bond donors (Lipinski definition) is 0. The number of benzene rings is 1. The number of aromatic nitrogens is 1. The maximum Gasteiger partial charge on any atom is 0.225 e. The second-order valence-corrected chi connectivity index (χ2v) is 7.85. The zero-order valence-electron chi connectivity index (χ0n) is 16.2. The van der Waals surface area contributed by atoms with Crippen LogP contribution in [0.2, 0.25) is 0 Å². The molecule has 3 aliphatic rings. The van der Waals surface area contributed by atoms with Crippen LogP contribution in [0, 0.1) is 5.92 Å². The van der Waals surface area contributed by atoms with Gasteiger partial charge in [0.1, 0.15) is 5.75 Å². The summed E-state index contributed by atoms with van der Waals surface area (Å²) in [4.78, 5) is 21.4. The third-order valence-electron chi connectivity index (χ3n) is 6.05. The maximum absolute atomic E-state index is 12.3. The van der Waals surface area contributed by atoms with Crippen molar-refractivity contribution in [2.75, 3.05) is 38.2 Å². The predicted octanol–water partition coefficient (Wildman–Crippen LogP) is 3.25. The number of anilines is 1. The molecule has 0 N–H and O–H groups in total. The Morgan fingerprint density at radius 2 is 1.82 bits per heavy atom. The van der Waals surface area contributed by atoms with Crippen LogP contribution in [0.5, 0.6) is 5.75 Å². The van der Waals surface area contributed by atoms with E-state index in [0.717, 1.165) is 56.9 Å². The molecule has 0 radical (unpaired) electrons. The number of carbonyl (C=O) groups excluding carboxylic acids is 1. The highest BCUT2D eigenvalue weighted by Crippen LogP contribution is 2.37. The van der Waals surface area contributed by atoms with E-state index in [1.54, 1.807) is 7.11 Å². The van der Waals surface area contributed by atoms with E-state index in [0.29, 0.717) is 11.8 Å². The van der Waals surface area contributed by atoms with Crippen molar-refractivity contribution in [2.45, 2.75) is 19.3 Å². The van der Waals surface area contributed by atoms with Crippen molar-refractivity contribution < 1.29 is 9.53 Å². The number of allylic oxidation sites excluding steroid dienone is 1. The fourth-order valence-corrected chi connectivity index (χ4v) is 4.23. The fraction of sp³-hybridized carbons (Fsp3) is 0.391. The summed E-state index contributed by atoms with van der Waals surface area (Å²) in [6, 6.07) is 10.3. The first-order valence-electron chi connectivity index (χ1n) is 10.1.